The summed E-state index contributed by atoms with van der Waals surface area (Å²) in [6.07, 6.45) is 0. The zero-order chi connectivity index (χ0) is 24.9. The van der Waals surface area contributed by atoms with E-state index in [0.717, 1.165) is 26.9 Å². The van der Waals surface area contributed by atoms with E-state index in [-0.39, 0.29) is 11.3 Å². The van der Waals surface area contributed by atoms with Crippen molar-refractivity contribution in [2.45, 2.75) is 26.8 Å². The average molecular weight is 485 g/mol. The number of benzene rings is 3. The Morgan fingerprint density at radius 3 is 2.31 bits per heavy atom. The number of fused-ring (bicyclic) bond motifs is 1. The molecule has 1 fully saturated rings. The van der Waals surface area contributed by atoms with Gasteiger partial charge in [0.1, 0.15) is 11.5 Å². The second-order valence-corrected chi connectivity index (χ2v) is 9.74. The molecule has 6 nitrogen and oxygen atoms in total. The highest BCUT2D eigenvalue weighted by atomic mass is 32.1. The second-order valence-electron chi connectivity index (χ2n) is 8.73. The van der Waals surface area contributed by atoms with Crippen molar-refractivity contribution in [2.75, 3.05) is 12.0 Å². The summed E-state index contributed by atoms with van der Waals surface area (Å²) in [7, 11) is 1.57. The Kier molecular flexibility index (Phi) is 5.65. The van der Waals surface area contributed by atoms with Crippen LogP contribution in [0.1, 0.15) is 33.9 Å². The van der Waals surface area contributed by atoms with Gasteiger partial charge in [0.05, 0.1) is 28.9 Å². The van der Waals surface area contributed by atoms with Crippen molar-refractivity contribution < 1.29 is 19.4 Å². The number of methoxy groups -OCH3 is 1. The number of aryl methyl sites for hydroxylation is 3. The maximum Gasteiger partial charge on any atom is 0.301 e. The second kappa shape index (κ2) is 8.67. The van der Waals surface area contributed by atoms with Crippen molar-refractivity contribution in [3.05, 3.63) is 94.1 Å². The Morgan fingerprint density at radius 1 is 0.971 bits per heavy atom. The molecule has 3 aromatic carbocycles. The van der Waals surface area contributed by atoms with Crippen LogP contribution in [0.25, 0.3) is 16.0 Å². The van der Waals surface area contributed by atoms with Crippen LogP contribution in [0.2, 0.25) is 0 Å². The average Bonchev–Trinajstić information content (AvgIpc) is 3.38. The van der Waals surface area contributed by atoms with Gasteiger partial charge in [0.15, 0.2) is 5.13 Å². The number of ketones is 1. The summed E-state index contributed by atoms with van der Waals surface area (Å²) < 4.78 is 6.22. The minimum atomic E-state index is -0.829. The van der Waals surface area contributed by atoms with E-state index in [9.17, 15) is 14.7 Å². The summed E-state index contributed by atoms with van der Waals surface area (Å²) >= 11 is 1.36. The Hall–Kier alpha value is -3.97. The van der Waals surface area contributed by atoms with Gasteiger partial charge in [-0.25, -0.2) is 4.98 Å². The first-order valence-electron chi connectivity index (χ1n) is 11.2. The quantitative estimate of drug-likeness (QED) is 0.223. The zero-order valence-corrected chi connectivity index (χ0v) is 20.6. The molecule has 1 aliphatic rings. The van der Waals surface area contributed by atoms with E-state index in [2.05, 4.69) is 0 Å². The molecule has 1 saturated heterocycles. The third-order valence-electron chi connectivity index (χ3n) is 6.23. The normalized spacial score (nSPS) is 17.4. The number of hydrogen-bond donors (Lipinski definition) is 1. The number of hydrogen-bond acceptors (Lipinski definition) is 6. The van der Waals surface area contributed by atoms with Crippen LogP contribution in [-0.4, -0.2) is 28.9 Å². The standard InChI is InChI=1S/C28H24N2O4S/c1-15-5-7-19(8-6-15)25(31)22-24(18-9-11-20(34-4)12-10-18)30(27(33)26(22)32)28-29-23-17(3)13-16(2)14-21(23)35-28/h5-14,24,31H,1-4H3/b25-22+/t24-/m0/s1. The highest BCUT2D eigenvalue weighted by Gasteiger charge is 2.48. The molecule has 7 heteroatoms. The van der Waals surface area contributed by atoms with Crippen molar-refractivity contribution in [2.24, 2.45) is 0 Å². The largest absolute Gasteiger partial charge is 0.507 e. The van der Waals surface area contributed by atoms with Gasteiger partial charge < -0.3 is 9.84 Å². The van der Waals surface area contributed by atoms with Crippen molar-refractivity contribution >= 4 is 44.1 Å². The van der Waals surface area contributed by atoms with Crippen LogP contribution < -0.4 is 9.64 Å². The predicted octanol–water partition coefficient (Wildman–Crippen LogP) is 5.86. The molecular formula is C28H24N2O4S. The third kappa shape index (κ3) is 3.88. The minimum Gasteiger partial charge on any atom is -0.507 e. The van der Waals surface area contributed by atoms with Gasteiger partial charge in [0.25, 0.3) is 5.78 Å². The summed E-state index contributed by atoms with van der Waals surface area (Å²) in [5.74, 6) is -1.01. The van der Waals surface area contributed by atoms with Gasteiger partial charge in [-0.3, -0.25) is 14.5 Å². The Morgan fingerprint density at radius 2 is 1.66 bits per heavy atom. The van der Waals surface area contributed by atoms with E-state index < -0.39 is 17.7 Å². The highest BCUT2D eigenvalue weighted by molar-refractivity contribution is 7.22. The van der Waals surface area contributed by atoms with E-state index in [0.29, 0.717) is 22.0 Å². The van der Waals surface area contributed by atoms with E-state index >= 15 is 0 Å². The summed E-state index contributed by atoms with van der Waals surface area (Å²) in [6, 6.07) is 17.6. The van der Waals surface area contributed by atoms with E-state index in [1.165, 1.54) is 16.2 Å². The fourth-order valence-electron chi connectivity index (χ4n) is 4.46. The first-order valence-corrected chi connectivity index (χ1v) is 12.0. The number of thiazole rings is 1. The lowest BCUT2D eigenvalue weighted by atomic mass is 9.95. The number of carbonyl (C=O) groups is 2. The predicted molar refractivity (Wildman–Crippen MR) is 138 cm³/mol. The summed E-state index contributed by atoms with van der Waals surface area (Å²) in [6.45, 7) is 5.93. The van der Waals surface area contributed by atoms with Crippen molar-refractivity contribution in [3.63, 3.8) is 0 Å². The van der Waals surface area contributed by atoms with Gasteiger partial charge in [-0.05, 0) is 55.7 Å². The molecule has 1 amide bonds. The fraction of sp³-hybridized carbons (Fsp3) is 0.179. The number of rotatable bonds is 4. The first kappa shape index (κ1) is 22.8. The first-order chi connectivity index (χ1) is 16.8. The van der Waals surface area contributed by atoms with Crippen molar-refractivity contribution in [1.29, 1.82) is 0 Å². The Labute approximate surface area is 207 Å². The molecule has 0 spiro atoms. The van der Waals surface area contributed by atoms with Gasteiger partial charge >= 0.3 is 5.91 Å². The number of aliphatic hydroxyl groups is 1. The molecule has 5 rings (SSSR count). The molecule has 1 aliphatic heterocycles. The van der Waals surface area contributed by atoms with E-state index in [1.807, 2.05) is 45.0 Å². The van der Waals surface area contributed by atoms with Gasteiger partial charge in [-0.1, -0.05) is 59.4 Å². The lowest BCUT2D eigenvalue weighted by Gasteiger charge is -2.23. The number of aliphatic hydroxyl groups excluding tert-OH is 1. The lowest BCUT2D eigenvalue weighted by molar-refractivity contribution is -0.132. The SMILES string of the molecule is COc1ccc([C@H]2/C(=C(\O)c3ccc(C)cc3)C(=O)C(=O)N2c2nc3c(C)cc(C)cc3s2)cc1. The number of anilines is 1. The van der Waals surface area contributed by atoms with Gasteiger partial charge in [-0.15, -0.1) is 0 Å². The molecule has 176 valence electrons. The number of carbonyl (C=O) groups excluding carboxylic acids is 2. The molecule has 1 atom stereocenters. The molecule has 35 heavy (non-hydrogen) atoms. The van der Waals surface area contributed by atoms with Crippen LogP contribution >= 0.6 is 11.3 Å². The number of ether oxygens (including phenoxy) is 1. The molecule has 1 aromatic heterocycles. The molecule has 0 aliphatic carbocycles. The molecule has 0 bridgehead atoms. The van der Waals surface area contributed by atoms with E-state index in [4.69, 9.17) is 9.72 Å². The number of amides is 1. The van der Waals surface area contributed by atoms with Crippen LogP contribution in [0.15, 0.2) is 66.2 Å². The van der Waals surface area contributed by atoms with Crippen LogP contribution in [0.4, 0.5) is 5.13 Å². The maximum atomic E-state index is 13.4. The lowest BCUT2D eigenvalue weighted by Crippen LogP contribution is -2.29. The molecule has 0 unspecified atom stereocenters. The summed E-state index contributed by atoms with van der Waals surface area (Å²) in [5.41, 5.74) is 5.10. The molecule has 0 saturated carbocycles. The third-order valence-corrected chi connectivity index (χ3v) is 7.23. The van der Waals surface area contributed by atoms with Crippen LogP contribution in [0.3, 0.4) is 0 Å². The highest BCUT2D eigenvalue weighted by Crippen LogP contribution is 2.45. The topological polar surface area (TPSA) is 79.7 Å². The molecule has 0 radical (unpaired) electrons. The molecule has 2 heterocycles. The Balaban J connectivity index is 1.73. The maximum absolute atomic E-state index is 13.4. The minimum absolute atomic E-state index is 0.0381. The zero-order valence-electron chi connectivity index (χ0n) is 19.8. The van der Waals surface area contributed by atoms with Crippen molar-refractivity contribution in [3.8, 4) is 5.75 Å². The van der Waals surface area contributed by atoms with Crippen LogP contribution in [0, 0.1) is 20.8 Å². The van der Waals surface area contributed by atoms with Crippen LogP contribution in [-0.2, 0) is 9.59 Å². The Bertz CT molecular complexity index is 1500. The monoisotopic (exact) mass is 484 g/mol. The van der Waals surface area contributed by atoms with Crippen LogP contribution in [0.5, 0.6) is 5.75 Å². The molecule has 1 N–H and O–H groups in total. The number of nitrogens with zero attached hydrogens (tertiary/aromatic N) is 2. The van der Waals surface area contributed by atoms with Gasteiger partial charge in [-0.2, -0.15) is 0 Å². The fourth-order valence-corrected chi connectivity index (χ4v) is 5.63. The van der Waals surface area contributed by atoms with Crippen molar-refractivity contribution in [1.82, 2.24) is 4.98 Å². The number of Topliss-reactive ketones (excluding diaryl/α,β-unsaturated/α-hetero) is 1. The van der Waals surface area contributed by atoms with Gasteiger partial charge in [0, 0.05) is 5.56 Å². The molecule has 4 aromatic rings. The summed E-state index contributed by atoms with van der Waals surface area (Å²) in [5, 5.41) is 11.7. The summed E-state index contributed by atoms with van der Waals surface area (Å²) in [4.78, 5) is 32.9. The molecular weight excluding hydrogens is 460 g/mol. The number of aromatic nitrogens is 1. The smallest absolute Gasteiger partial charge is 0.301 e. The van der Waals surface area contributed by atoms with E-state index in [1.54, 1.807) is 43.5 Å². The van der Waals surface area contributed by atoms with Gasteiger partial charge in [0.2, 0.25) is 0 Å².